The number of nitrogens with two attached hydrogens (primary N) is 1. The van der Waals surface area contributed by atoms with Gasteiger partial charge in [-0.2, -0.15) is 0 Å². The zero-order valence-electron chi connectivity index (χ0n) is 12.4. The summed E-state index contributed by atoms with van der Waals surface area (Å²) in [6.45, 7) is 6.65. The monoisotopic (exact) mass is 266 g/mol. The molecule has 2 N–H and O–H groups in total. The van der Waals surface area contributed by atoms with Gasteiger partial charge in [-0.1, -0.05) is 25.1 Å². The first-order chi connectivity index (χ1) is 9.13. The molecule has 0 aromatic heterocycles. The summed E-state index contributed by atoms with van der Waals surface area (Å²) in [6, 6.07) is 8.42. The molecule has 4 heteroatoms. The van der Waals surface area contributed by atoms with Crippen LogP contribution in [0.2, 0.25) is 0 Å². The minimum atomic E-state index is 0.0297. The lowest BCUT2D eigenvalue weighted by molar-refractivity contribution is 0.139. The molecule has 1 rings (SSSR count). The van der Waals surface area contributed by atoms with Gasteiger partial charge in [0, 0.05) is 31.3 Å². The molecule has 0 saturated heterocycles. The molecule has 2 atom stereocenters. The van der Waals surface area contributed by atoms with Crippen LogP contribution in [0, 0.1) is 0 Å². The second kappa shape index (κ2) is 8.15. The summed E-state index contributed by atoms with van der Waals surface area (Å²) >= 11 is 0. The zero-order valence-corrected chi connectivity index (χ0v) is 12.4. The second-order valence-electron chi connectivity index (χ2n) is 4.72. The van der Waals surface area contributed by atoms with Crippen LogP contribution in [0.3, 0.4) is 0 Å². The molecular weight excluding hydrogens is 240 g/mol. The predicted molar refractivity (Wildman–Crippen MR) is 78.5 cm³/mol. The van der Waals surface area contributed by atoms with Gasteiger partial charge < -0.3 is 15.2 Å². The van der Waals surface area contributed by atoms with Crippen LogP contribution < -0.4 is 10.5 Å². The van der Waals surface area contributed by atoms with Gasteiger partial charge in [0.25, 0.3) is 0 Å². The van der Waals surface area contributed by atoms with E-state index in [1.807, 2.05) is 18.2 Å². The number of methoxy groups -OCH3 is 2. The van der Waals surface area contributed by atoms with Gasteiger partial charge in [-0.05, 0) is 19.5 Å². The van der Waals surface area contributed by atoms with Crippen molar-refractivity contribution in [3.8, 4) is 5.75 Å². The molecule has 0 aliphatic rings. The first-order valence-corrected chi connectivity index (χ1v) is 6.75. The molecule has 0 amide bonds. The van der Waals surface area contributed by atoms with E-state index in [9.17, 15) is 0 Å². The molecule has 0 spiro atoms. The Morgan fingerprint density at radius 1 is 1.26 bits per heavy atom. The fraction of sp³-hybridized carbons (Fsp3) is 0.600. The number of ether oxygens (including phenoxy) is 2. The van der Waals surface area contributed by atoms with Crippen LogP contribution in [0.15, 0.2) is 24.3 Å². The number of rotatable bonds is 8. The molecule has 0 saturated carbocycles. The van der Waals surface area contributed by atoms with Gasteiger partial charge in [-0.25, -0.2) is 0 Å². The van der Waals surface area contributed by atoms with Gasteiger partial charge in [0.2, 0.25) is 0 Å². The van der Waals surface area contributed by atoms with E-state index in [4.69, 9.17) is 15.2 Å². The van der Waals surface area contributed by atoms with Crippen molar-refractivity contribution in [2.24, 2.45) is 5.73 Å². The van der Waals surface area contributed by atoms with E-state index < -0.39 is 0 Å². The number of likely N-dealkylation sites (N-methyl/N-ethyl adjacent to an activating group) is 1. The Kier molecular flexibility index (Phi) is 6.84. The fourth-order valence-corrected chi connectivity index (χ4v) is 2.34. The average Bonchev–Trinajstić information content (AvgIpc) is 2.44. The Morgan fingerprint density at radius 2 is 1.95 bits per heavy atom. The van der Waals surface area contributed by atoms with E-state index in [-0.39, 0.29) is 12.1 Å². The molecule has 1 aromatic carbocycles. The van der Waals surface area contributed by atoms with Gasteiger partial charge in [-0.3, -0.25) is 4.90 Å². The maximum atomic E-state index is 6.05. The van der Waals surface area contributed by atoms with Crippen molar-refractivity contribution >= 4 is 0 Å². The molecule has 0 unspecified atom stereocenters. The highest BCUT2D eigenvalue weighted by atomic mass is 16.5. The standard InChI is InChI=1S/C15H26N2O2/c1-5-17(10-13(16)11-18-3)12(2)14-8-6-7-9-15(14)19-4/h6-9,12-13H,5,10-11,16H2,1-4H3/t12-,13+/m0/s1. The number of para-hydroxylation sites is 1. The molecule has 0 bridgehead atoms. The highest BCUT2D eigenvalue weighted by Crippen LogP contribution is 2.28. The van der Waals surface area contributed by atoms with Crippen molar-refractivity contribution in [1.82, 2.24) is 4.90 Å². The molecular formula is C15H26N2O2. The Hall–Kier alpha value is -1.10. The van der Waals surface area contributed by atoms with E-state index in [0.717, 1.165) is 18.8 Å². The maximum Gasteiger partial charge on any atom is 0.123 e. The van der Waals surface area contributed by atoms with Crippen LogP contribution >= 0.6 is 0 Å². The SMILES string of the molecule is CCN(C[C@@H](N)COC)[C@@H](C)c1ccccc1OC. The molecule has 0 heterocycles. The lowest BCUT2D eigenvalue weighted by Crippen LogP contribution is -2.41. The second-order valence-corrected chi connectivity index (χ2v) is 4.72. The molecule has 19 heavy (non-hydrogen) atoms. The smallest absolute Gasteiger partial charge is 0.123 e. The van der Waals surface area contributed by atoms with E-state index in [2.05, 4.69) is 24.8 Å². The minimum Gasteiger partial charge on any atom is -0.496 e. The molecule has 0 radical (unpaired) electrons. The van der Waals surface area contributed by atoms with E-state index in [0.29, 0.717) is 6.61 Å². The summed E-state index contributed by atoms with van der Waals surface area (Å²) in [5.41, 5.74) is 7.24. The quantitative estimate of drug-likeness (QED) is 0.782. The molecule has 108 valence electrons. The van der Waals surface area contributed by atoms with Crippen LogP contribution in [0.1, 0.15) is 25.5 Å². The minimum absolute atomic E-state index is 0.0297. The van der Waals surface area contributed by atoms with Gasteiger partial charge in [-0.15, -0.1) is 0 Å². The summed E-state index contributed by atoms with van der Waals surface area (Å²) in [5.74, 6) is 0.925. The lowest BCUT2D eigenvalue weighted by atomic mass is 10.0. The zero-order chi connectivity index (χ0) is 14.3. The van der Waals surface area contributed by atoms with Crippen molar-refractivity contribution in [2.45, 2.75) is 25.9 Å². The van der Waals surface area contributed by atoms with E-state index in [1.54, 1.807) is 14.2 Å². The highest BCUT2D eigenvalue weighted by molar-refractivity contribution is 5.35. The van der Waals surface area contributed by atoms with Crippen LogP contribution in [0.5, 0.6) is 5.75 Å². The summed E-state index contributed by atoms with van der Waals surface area (Å²) in [7, 11) is 3.39. The molecule has 0 fully saturated rings. The third-order valence-corrected chi connectivity index (χ3v) is 3.39. The van der Waals surface area contributed by atoms with Crippen LogP contribution in [0.4, 0.5) is 0 Å². The largest absolute Gasteiger partial charge is 0.496 e. The van der Waals surface area contributed by atoms with Crippen molar-refractivity contribution in [1.29, 1.82) is 0 Å². The first kappa shape index (κ1) is 16.0. The molecule has 4 nitrogen and oxygen atoms in total. The highest BCUT2D eigenvalue weighted by Gasteiger charge is 2.19. The fourth-order valence-electron chi connectivity index (χ4n) is 2.34. The van der Waals surface area contributed by atoms with Gasteiger partial charge in [0.15, 0.2) is 0 Å². The topological polar surface area (TPSA) is 47.7 Å². The average molecular weight is 266 g/mol. The summed E-state index contributed by atoms with van der Waals surface area (Å²) in [6.07, 6.45) is 0. The first-order valence-electron chi connectivity index (χ1n) is 6.75. The third-order valence-electron chi connectivity index (χ3n) is 3.39. The van der Waals surface area contributed by atoms with Crippen molar-refractivity contribution in [2.75, 3.05) is 33.9 Å². The summed E-state index contributed by atoms with van der Waals surface area (Å²) in [5, 5.41) is 0. The van der Waals surface area contributed by atoms with Gasteiger partial charge >= 0.3 is 0 Å². The van der Waals surface area contributed by atoms with Crippen LogP contribution in [0.25, 0.3) is 0 Å². The Bertz CT molecular complexity index is 371. The third kappa shape index (κ3) is 4.49. The van der Waals surface area contributed by atoms with E-state index >= 15 is 0 Å². The maximum absolute atomic E-state index is 6.05. The lowest BCUT2D eigenvalue weighted by Gasteiger charge is -2.31. The number of nitrogens with zero attached hydrogens (tertiary/aromatic N) is 1. The number of hydrogen-bond donors (Lipinski definition) is 1. The van der Waals surface area contributed by atoms with Gasteiger partial charge in [0.05, 0.1) is 13.7 Å². The predicted octanol–water partition coefficient (Wildman–Crippen LogP) is 2.05. The molecule has 0 aliphatic carbocycles. The van der Waals surface area contributed by atoms with E-state index in [1.165, 1.54) is 5.56 Å². The van der Waals surface area contributed by atoms with Crippen LogP contribution in [-0.2, 0) is 4.74 Å². The Morgan fingerprint density at radius 3 is 2.53 bits per heavy atom. The summed E-state index contributed by atoms with van der Waals surface area (Å²) in [4.78, 5) is 2.33. The van der Waals surface area contributed by atoms with Crippen molar-refractivity contribution in [3.05, 3.63) is 29.8 Å². The normalized spacial score (nSPS) is 14.4. The molecule has 1 aromatic rings. The number of benzene rings is 1. The van der Waals surface area contributed by atoms with Crippen LogP contribution in [-0.4, -0.2) is 44.9 Å². The molecule has 0 aliphatic heterocycles. The van der Waals surface area contributed by atoms with Crippen molar-refractivity contribution in [3.63, 3.8) is 0 Å². The summed E-state index contributed by atoms with van der Waals surface area (Å²) < 4.78 is 10.5. The number of hydrogen-bond acceptors (Lipinski definition) is 4. The Balaban J connectivity index is 2.80. The van der Waals surface area contributed by atoms with Gasteiger partial charge in [0.1, 0.15) is 5.75 Å². The Labute approximate surface area is 116 Å². The van der Waals surface area contributed by atoms with Crippen molar-refractivity contribution < 1.29 is 9.47 Å².